The molecule has 0 bridgehead atoms. The van der Waals surface area contributed by atoms with Gasteiger partial charge in [-0.25, -0.2) is 4.39 Å². The zero-order chi connectivity index (χ0) is 12.4. The van der Waals surface area contributed by atoms with Gasteiger partial charge in [0.05, 0.1) is 12.1 Å². The van der Waals surface area contributed by atoms with Crippen molar-refractivity contribution in [3.05, 3.63) is 29.8 Å². The Bertz CT molecular complexity index is 504. The van der Waals surface area contributed by atoms with E-state index in [2.05, 4.69) is 10.1 Å². The van der Waals surface area contributed by atoms with Gasteiger partial charge in [0.1, 0.15) is 5.82 Å². The lowest BCUT2D eigenvalue weighted by molar-refractivity contribution is 0.365. The van der Waals surface area contributed by atoms with Crippen LogP contribution in [0.1, 0.15) is 5.82 Å². The van der Waals surface area contributed by atoms with Gasteiger partial charge >= 0.3 is 0 Å². The van der Waals surface area contributed by atoms with Crippen LogP contribution in [0.4, 0.5) is 10.1 Å². The van der Waals surface area contributed by atoms with E-state index in [-0.39, 0.29) is 17.1 Å². The number of benzene rings is 1. The fourth-order valence-electron chi connectivity index (χ4n) is 1.47. The van der Waals surface area contributed by atoms with Crippen LogP contribution in [-0.2, 0) is 6.54 Å². The van der Waals surface area contributed by atoms with Gasteiger partial charge in [0.25, 0.3) is 5.89 Å². The molecular formula is C11H13FN4O. The number of hydrogen-bond donors (Lipinski definition) is 1. The Hall–Kier alpha value is -1.95. The number of halogens is 1. The molecule has 0 spiro atoms. The molecule has 0 amide bonds. The average molecular weight is 236 g/mol. The molecule has 2 aromatic rings. The lowest BCUT2D eigenvalue weighted by atomic mass is 10.1. The summed E-state index contributed by atoms with van der Waals surface area (Å²) in [4.78, 5) is 5.99. The van der Waals surface area contributed by atoms with Crippen molar-refractivity contribution < 1.29 is 8.91 Å². The molecule has 0 saturated carbocycles. The third kappa shape index (κ3) is 2.42. The highest BCUT2D eigenvalue weighted by atomic mass is 19.1. The molecule has 1 aromatic heterocycles. The Morgan fingerprint density at radius 3 is 2.82 bits per heavy atom. The van der Waals surface area contributed by atoms with Crippen molar-refractivity contribution in [1.82, 2.24) is 15.0 Å². The van der Waals surface area contributed by atoms with E-state index in [0.29, 0.717) is 12.4 Å². The second kappa shape index (κ2) is 4.50. The van der Waals surface area contributed by atoms with Crippen LogP contribution in [0.2, 0.25) is 0 Å². The van der Waals surface area contributed by atoms with Gasteiger partial charge in [-0.15, -0.1) is 0 Å². The molecule has 2 N–H and O–H groups in total. The first-order valence-corrected chi connectivity index (χ1v) is 5.09. The number of aromatic nitrogens is 2. The van der Waals surface area contributed by atoms with Crippen LogP contribution >= 0.6 is 0 Å². The molecule has 0 unspecified atom stereocenters. The number of nitrogen functional groups attached to an aromatic ring is 1. The van der Waals surface area contributed by atoms with Crippen molar-refractivity contribution in [2.24, 2.45) is 0 Å². The summed E-state index contributed by atoms with van der Waals surface area (Å²) in [5, 5.41) is 3.76. The molecule has 0 aliphatic rings. The summed E-state index contributed by atoms with van der Waals surface area (Å²) < 4.78 is 18.6. The third-order valence-corrected chi connectivity index (χ3v) is 2.19. The summed E-state index contributed by atoms with van der Waals surface area (Å²) in [5.74, 6) is 0.134. The molecule has 1 heterocycles. The maximum absolute atomic E-state index is 13.6. The fourth-order valence-corrected chi connectivity index (χ4v) is 1.47. The van der Waals surface area contributed by atoms with Crippen molar-refractivity contribution in [2.75, 3.05) is 19.8 Å². The summed E-state index contributed by atoms with van der Waals surface area (Å²) in [6.07, 6.45) is 0. The quantitative estimate of drug-likeness (QED) is 0.818. The normalized spacial score (nSPS) is 11.1. The van der Waals surface area contributed by atoms with Crippen molar-refractivity contribution >= 4 is 5.69 Å². The number of nitrogens with two attached hydrogens (primary N) is 1. The summed E-state index contributed by atoms with van der Waals surface area (Å²) >= 11 is 0. The van der Waals surface area contributed by atoms with E-state index in [9.17, 15) is 4.39 Å². The molecule has 6 heteroatoms. The van der Waals surface area contributed by atoms with E-state index < -0.39 is 5.82 Å². The molecular weight excluding hydrogens is 223 g/mol. The average Bonchev–Trinajstić information content (AvgIpc) is 2.65. The number of nitrogens with zero attached hydrogens (tertiary/aromatic N) is 3. The summed E-state index contributed by atoms with van der Waals surface area (Å²) in [6, 6.07) is 4.43. The van der Waals surface area contributed by atoms with E-state index in [1.807, 2.05) is 19.0 Å². The molecule has 0 saturated heterocycles. The Balaban J connectivity index is 2.37. The van der Waals surface area contributed by atoms with Crippen LogP contribution in [0.5, 0.6) is 0 Å². The van der Waals surface area contributed by atoms with Crippen LogP contribution in [0.15, 0.2) is 22.7 Å². The molecule has 0 radical (unpaired) electrons. The van der Waals surface area contributed by atoms with Crippen LogP contribution in [0.25, 0.3) is 11.5 Å². The minimum atomic E-state index is -0.468. The second-order valence-corrected chi connectivity index (χ2v) is 3.96. The first-order valence-electron chi connectivity index (χ1n) is 5.09. The Labute approximate surface area is 98.0 Å². The minimum absolute atomic E-state index is 0.109. The molecule has 0 aliphatic heterocycles. The van der Waals surface area contributed by atoms with Crippen molar-refractivity contribution in [1.29, 1.82) is 0 Å². The van der Waals surface area contributed by atoms with Gasteiger partial charge in [0, 0.05) is 5.69 Å². The summed E-state index contributed by atoms with van der Waals surface area (Å²) in [7, 11) is 3.76. The van der Waals surface area contributed by atoms with Gasteiger partial charge < -0.3 is 15.2 Å². The SMILES string of the molecule is CN(C)Cc1noc(-c2c(N)cccc2F)n1. The largest absolute Gasteiger partial charge is 0.398 e. The topological polar surface area (TPSA) is 68.2 Å². The van der Waals surface area contributed by atoms with Crippen LogP contribution in [0.3, 0.4) is 0 Å². The predicted molar refractivity (Wildman–Crippen MR) is 61.5 cm³/mol. The standard InChI is InChI=1S/C11H13FN4O/c1-16(2)6-9-14-11(17-15-9)10-7(12)4-3-5-8(10)13/h3-5H,6,13H2,1-2H3. The maximum Gasteiger partial charge on any atom is 0.263 e. The highest BCUT2D eigenvalue weighted by molar-refractivity contribution is 5.70. The maximum atomic E-state index is 13.6. The van der Waals surface area contributed by atoms with Crippen molar-refractivity contribution in [3.63, 3.8) is 0 Å². The lowest BCUT2D eigenvalue weighted by Gasteiger charge is -2.03. The predicted octanol–water partition coefficient (Wildman–Crippen LogP) is 1.52. The number of hydrogen-bond acceptors (Lipinski definition) is 5. The zero-order valence-electron chi connectivity index (χ0n) is 9.64. The lowest BCUT2D eigenvalue weighted by Crippen LogP contribution is -2.11. The molecule has 90 valence electrons. The van der Waals surface area contributed by atoms with Gasteiger partial charge in [-0.1, -0.05) is 11.2 Å². The molecule has 0 atom stereocenters. The highest BCUT2D eigenvalue weighted by Crippen LogP contribution is 2.27. The Kier molecular flexibility index (Phi) is 3.06. The first kappa shape index (κ1) is 11.5. The van der Waals surface area contributed by atoms with Gasteiger partial charge in [0.15, 0.2) is 5.82 Å². The van der Waals surface area contributed by atoms with E-state index in [1.54, 1.807) is 6.07 Å². The highest BCUT2D eigenvalue weighted by Gasteiger charge is 2.16. The minimum Gasteiger partial charge on any atom is -0.398 e. The van der Waals surface area contributed by atoms with Gasteiger partial charge in [-0.3, -0.25) is 0 Å². The van der Waals surface area contributed by atoms with Crippen LogP contribution in [-0.4, -0.2) is 29.1 Å². The van der Waals surface area contributed by atoms with Gasteiger partial charge in [-0.2, -0.15) is 4.98 Å². The number of anilines is 1. The molecule has 0 aliphatic carbocycles. The smallest absolute Gasteiger partial charge is 0.263 e. The molecule has 17 heavy (non-hydrogen) atoms. The molecule has 1 aromatic carbocycles. The summed E-state index contributed by atoms with van der Waals surface area (Å²) in [5.41, 5.74) is 6.13. The van der Waals surface area contributed by atoms with Crippen molar-refractivity contribution in [3.8, 4) is 11.5 Å². The van der Waals surface area contributed by atoms with Crippen molar-refractivity contribution in [2.45, 2.75) is 6.54 Å². The van der Waals surface area contributed by atoms with Crippen LogP contribution < -0.4 is 5.73 Å². The van der Waals surface area contributed by atoms with E-state index in [1.165, 1.54) is 12.1 Å². The van der Waals surface area contributed by atoms with E-state index >= 15 is 0 Å². The van der Waals surface area contributed by atoms with Gasteiger partial charge in [0.2, 0.25) is 0 Å². The Morgan fingerprint density at radius 1 is 1.41 bits per heavy atom. The molecule has 5 nitrogen and oxygen atoms in total. The zero-order valence-corrected chi connectivity index (χ0v) is 9.64. The Morgan fingerprint density at radius 2 is 2.18 bits per heavy atom. The fraction of sp³-hybridized carbons (Fsp3) is 0.273. The van der Waals surface area contributed by atoms with E-state index in [0.717, 1.165) is 0 Å². The number of rotatable bonds is 3. The first-order chi connectivity index (χ1) is 8.08. The van der Waals surface area contributed by atoms with Gasteiger partial charge in [-0.05, 0) is 26.2 Å². The molecule has 2 rings (SSSR count). The molecule has 0 fully saturated rings. The second-order valence-electron chi connectivity index (χ2n) is 3.96. The third-order valence-electron chi connectivity index (χ3n) is 2.19. The van der Waals surface area contributed by atoms with E-state index in [4.69, 9.17) is 10.3 Å². The monoisotopic (exact) mass is 236 g/mol. The van der Waals surface area contributed by atoms with Crippen LogP contribution in [0, 0.1) is 5.82 Å². The summed E-state index contributed by atoms with van der Waals surface area (Å²) in [6.45, 7) is 0.526.